The maximum absolute atomic E-state index is 13.4. The number of carbonyl (C=O) groups is 1. The first-order valence-corrected chi connectivity index (χ1v) is 9.73. The molecule has 2 atom stereocenters. The summed E-state index contributed by atoms with van der Waals surface area (Å²) >= 11 is 0. The van der Waals surface area contributed by atoms with Crippen LogP contribution in [0, 0.1) is 5.92 Å². The SMILES string of the molecule is COc1c(CO)c2c(c(OC)c1C(=O)c1ccccc1)CC1CCCC1(C)O2. The maximum Gasteiger partial charge on any atom is 0.200 e. The van der Waals surface area contributed by atoms with Gasteiger partial charge in [0, 0.05) is 17.0 Å². The van der Waals surface area contributed by atoms with Crippen molar-refractivity contribution in [2.45, 2.75) is 44.8 Å². The van der Waals surface area contributed by atoms with E-state index in [4.69, 9.17) is 14.2 Å². The lowest BCUT2D eigenvalue weighted by atomic mass is 9.81. The second kappa shape index (κ2) is 7.13. The number of carbonyl (C=O) groups excluding carboxylic acids is 1. The Morgan fingerprint density at radius 3 is 2.57 bits per heavy atom. The van der Waals surface area contributed by atoms with E-state index in [2.05, 4.69) is 6.92 Å². The first-order chi connectivity index (χ1) is 13.5. The Balaban J connectivity index is 1.96. The average molecular weight is 382 g/mol. The molecule has 0 saturated heterocycles. The smallest absolute Gasteiger partial charge is 0.200 e. The minimum Gasteiger partial charge on any atom is -0.495 e. The van der Waals surface area contributed by atoms with Gasteiger partial charge in [-0.05, 0) is 32.6 Å². The number of fused-ring (bicyclic) bond motifs is 2. The molecule has 0 radical (unpaired) electrons. The van der Waals surface area contributed by atoms with Crippen LogP contribution in [0.2, 0.25) is 0 Å². The summed E-state index contributed by atoms with van der Waals surface area (Å²) in [5, 5.41) is 10.2. The molecule has 2 aliphatic rings. The molecule has 2 aromatic carbocycles. The molecular weight excluding hydrogens is 356 g/mol. The van der Waals surface area contributed by atoms with E-state index in [1.807, 2.05) is 18.2 Å². The Bertz CT molecular complexity index is 905. The largest absolute Gasteiger partial charge is 0.495 e. The zero-order valence-electron chi connectivity index (χ0n) is 16.6. The average Bonchev–Trinajstić information content (AvgIpc) is 3.10. The lowest BCUT2D eigenvalue weighted by molar-refractivity contribution is 0.0287. The summed E-state index contributed by atoms with van der Waals surface area (Å²) in [5.41, 5.74) is 2.02. The maximum atomic E-state index is 13.4. The van der Waals surface area contributed by atoms with E-state index in [9.17, 15) is 9.90 Å². The number of benzene rings is 2. The molecule has 28 heavy (non-hydrogen) atoms. The molecule has 4 rings (SSSR count). The van der Waals surface area contributed by atoms with Crippen LogP contribution in [0.15, 0.2) is 30.3 Å². The summed E-state index contributed by atoms with van der Waals surface area (Å²) in [4.78, 5) is 13.4. The van der Waals surface area contributed by atoms with Gasteiger partial charge in [0.2, 0.25) is 5.78 Å². The van der Waals surface area contributed by atoms with Gasteiger partial charge in [0.15, 0.2) is 0 Å². The molecule has 1 heterocycles. The molecule has 0 amide bonds. The number of hydrogen-bond acceptors (Lipinski definition) is 5. The van der Waals surface area contributed by atoms with Crippen molar-refractivity contribution in [2.24, 2.45) is 5.92 Å². The Morgan fingerprint density at radius 2 is 1.93 bits per heavy atom. The molecule has 0 aromatic heterocycles. The van der Waals surface area contributed by atoms with Crippen molar-refractivity contribution in [3.05, 3.63) is 52.6 Å². The first-order valence-electron chi connectivity index (χ1n) is 9.73. The molecule has 0 bridgehead atoms. The Kier molecular flexibility index (Phi) is 4.79. The molecule has 2 unspecified atom stereocenters. The number of rotatable bonds is 5. The normalized spacial score (nSPS) is 22.8. The topological polar surface area (TPSA) is 65.0 Å². The molecular formula is C23H26O5. The highest BCUT2D eigenvalue weighted by molar-refractivity contribution is 6.13. The fraction of sp³-hybridized carbons (Fsp3) is 0.435. The second-order valence-electron chi connectivity index (χ2n) is 7.79. The van der Waals surface area contributed by atoms with Gasteiger partial charge in [-0.3, -0.25) is 4.79 Å². The van der Waals surface area contributed by atoms with E-state index in [-0.39, 0.29) is 18.0 Å². The van der Waals surface area contributed by atoms with Crippen LogP contribution in [0.1, 0.15) is 53.2 Å². The van der Waals surface area contributed by atoms with Crippen LogP contribution in [0.25, 0.3) is 0 Å². The number of methoxy groups -OCH3 is 2. The Hall–Kier alpha value is -2.53. The number of hydrogen-bond donors (Lipinski definition) is 1. The van der Waals surface area contributed by atoms with Crippen LogP contribution in [-0.2, 0) is 13.0 Å². The minimum atomic E-state index is -0.273. The lowest BCUT2D eigenvalue weighted by Gasteiger charge is -2.40. The highest BCUT2D eigenvalue weighted by atomic mass is 16.5. The van der Waals surface area contributed by atoms with Gasteiger partial charge < -0.3 is 19.3 Å². The summed E-state index contributed by atoms with van der Waals surface area (Å²) in [6, 6.07) is 9.05. The van der Waals surface area contributed by atoms with Crippen LogP contribution < -0.4 is 14.2 Å². The quantitative estimate of drug-likeness (QED) is 0.794. The van der Waals surface area contributed by atoms with Gasteiger partial charge in [0.25, 0.3) is 0 Å². The molecule has 148 valence electrons. The van der Waals surface area contributed by atoms with Crippen LogP contribution in [0.4, 0.5) is 0 Å². The number of aliphatic hydroxyl groups excluding tert-OH is 1. The van der Waals surface area contributed by atoms with Crippen LogP contribution in [0.3, 0.4) is 0 Å². The van der Waals surface area contributed by atoms with Gasteiger partial charge in [-0.1, -0.05) is 30.3 Å². The summed E-state index contributed by atoms with van der Waals surface area (Å²) < 4.78 is 17.8. The summed E-state index contributed by atoms with van der Waals surface area (Å²) in [6.45, 7) is 1.86. The predicted octanol–water partition coefficient (Wildman–Crippen LogP) is 3.92. The van der Waals surface area contributed by atoms with Gasteiger partial charge in [-0.2, -0.15) is 0 Å². The zero-order valence-corrected chi connectivity index (χ0v) is 16.6. The van der Waals surface area contributed by atoms with Gasteiger partial charge in [-0.25, -0.2) is 0 Å². The van der Waals surface area contributed by atoms with Crippen molar-refractivity contribution in [1.82, 2.24) is 0 Å². The molecule has 2 aromatic rings. The van der Waals surface area contributed by atoms with Crippen molar-refractivity contribution < 1.29 is 24.1 Å². The van der Waals surface area contributed by atoms with Gasteiger partial charge in [0.05, 0.1) is 26.4 Å². The molecule has 1 N–H and O–H groups in total. The first kappa shape index (κ1) is 18.8. The van der Waals surface area contributed by atoms with Gasteiger partial charge >= 0.3 is 0 Å². The third kappa shape index (κ3) is 2.76. The highest BCUT2D eigenvalue weighted by Crippen LogP contribution is 2.53. The fourth-order valence-corrected chi connectivity index (χ4v) is 4.78. The number of aliphatic hydroxyl groups is 1. The second-order valence-corrected chi connectivity index (χ2v) is 7.79. The Labute approximate surface area is 165 Å². The van der Waals surface area contributed by atoms with E-state index >= 15 is 0 Å². The standard InChI is InChI=1S/C23H26O5/c1-23-11-7-10-15(23)12-16-20(28-23)17(13-24)22(27-3)18(21(16)26-2)19(25)14-8-5-4-6-9-14/h4-6,8-9,15,24H,7,10-13H2,1-3H3. The van der Waals surface area contributed by atoms with Crippen LogP contribution in [0.5, 0.6) is 17.2 Å². The van der Waals surface area contributed by atoms with Crippen molar-refractivity contribution in [2.75, 3.05) is 14.2 Å². The van der Waals surface area contributed by atoms with Crippen LogP contribution in [-0.4, -0.2) is 30.7 Å². The van der Waals surface area contributed by atoms with Crippen molar-refractivity contribution in [3.63, 3.8) is 0 Å². The Morgan fingerprint density at radius 1 is 1.21 bits per heavy atom. The van der Waals surface area contributed by atoms with E-state index in [0.29, 0.717) is 39.9 Å². The summed E-state index contributed by atoms with van der Waals surface area (Å²) in [6.07, 6.45) is 3.94. The molecule has 1 aliphatic carbocycles. The van der Waals surface area contributed by atoms with Crippen LogP contribution >= 0.6 is 0 Å². The van der Waals surface area contributed by atoms with Crippen molar-refractivity contribution in [1.29, 1.82) is 0 Å². The highest BCUT2D eigenvalue weighted by Gasteiger charge is 2.47. The lowest BCUT2D eigenvalue weighted by Crippen LogP contribution is -2.41. The summed E-state index contributed by atoms with van der Waals surface area (Å²) in [7, 11) is 3.07. The third-order valence-electron chi connectivity index (χ3n) is 6.25. The molecule has 5 nitrogen and oxygen atoms in total. The third-order valence-corrected chi connectivity index (χ3v) is 6.25. The van der Waals surface area contributed by atoms with Crippen molar-refractivity contribution in [3.8, 4) is 17.2 Å². The minimum absolute atomic E-state index is 0.188. The number of ketones is 1. The zero-order chi connectivity index (χ0) is 19.9. The number of ether oxygens (including phenoxy) is 3. The van der Waals surface area contributed by atoms with E-state index in [0.717, 1.165) is 31.2 Å². The van der Waals surface area contributed by atoms with E-state index < -0.39 is 0 Å². The van der Waals surface area contributed by atoms with Gasteiger partial charge in [-0.15, -0.1) is 0 Å². The molecule has 1 fully saturated rings. The molecule has 1 saturated carbocycles. The monoisotopic (exact) mass is 382 g/mol. The fourth-order valence-electron chi connectivity index (χ4n) is 4.78. The molecule has 0 spiro atoms. The predicted molar refractivity (Wildman–Crippen MR) is 105 cm³/mol. The van der Waals surface area contributed by atoms with Crippen molar-refractivity contribution >= 4 is 5.78 Å². The molecule has 1 aliphatic heterocycles. The summed E-state index contributed by atoms with van der Waals surface area (Å²) in [5.74, 6) is 1.61. The van der Waals surface area contributed by atoms with E-state index in [1.165, 1.54) is 7.11 Å². The van der Waals surface area contributed by atoms with E-state index in [1.54, 1.807) is 19.2 Å². The molecule has 5 heteroatoms. The van der Waals surface area contributed by atoms with Gasteiger partial charge in [0.1, 0.15) is 28.4 Å².